The summed E-state index contributed by atoms with van der Waals surface area (Å²) in [5, 5.41) is 2.60. The zero-order valence-corrected chi connectivity index (χ0v) is 18.4. The molecule has 0 saturated heterocycles. The number of sulfone groups is 1. The molecule has 2 unspecified atom stereocenters. The van der Waals surface area contributed by atoms with Crippen molar-refractivity contribution in [2.45, 2.75) is 32.0 Å². The van der Waals surface area contributed by atoms with Gasteiger partial charge < -0.3 is 24.6 Å². The van der Waals surface area contributed by atoms with Crippen molar-refractivity contribution >= 4 is 27.6 Å². The van der Waals surface area contributed by atoms with E-state index in [0.29, 0.717) is 0 Å². The van der Waals surface area contributed by atoms with E-state index in [-0.39, 0.29) is 56.0 Å². The molecule has 2 atom stereocenters. The van der Waals surface area contributed by atoms with Crippen molar-refractivity contribution in [2.75, 3.05) is 60.0 Å². The minimum Gasteiger partial charge on any atom is -0.379 e. The van der Waals surface area contributed by atoms with Crippen LogP contribution in [0.4, 0.5) is 0 Å². The topological polar surface area (TPSA) is 122 Å². The highest BCUT2D eigenvalue weighted by atomic mass is 32.2. The Morgan fingerprint density at radius 1 is 0.964 bits per heavy atom. The minimum absolute atomic E-state index is 0.0218. The Hall–Kier alpha value is -1.72. The predicted octanol–water partition coefficient (Wildman–Crippen LogP) is -1.11. The van der Waals surface area contributed by atoms with E-state index < -0.39 is 22.0 Å². The number of amides is 3. The molecule has 0 spiro atoms. The van der Waals surface area contributed by atoms with Crippen LogP contribution in [0.1, 0.15) is 19.8 Å². The van der Waals surface area contributed by atoms with Crippen LogP contribution in [0.3, 0.4) is 0 Å². The van der Waals surface area contributed by atoms with E-state index in [1.54, 1.807) is 7.05 Å². The molecular formula is C17H33N3O7S. The van der Waals surface area contributed by atoms with Gasteiger partial charge in [0.2, 0.25) is 17.7 Å². The molecule has 10 nitrogen and oxygen atoms in total. The van der Waals surface area contributed by atoms with Crippen molar-refractivity contribution in [1.82, 2.24) is 15.1 Å². The SMILES string of the molecule is COC(CNC(C)=O)CC(=O)N(C)CC(CC(=O)N(C)CCS(C)(=O)=O)OC. The van der Waals surface area contributed by atoms with Crippen molar-refractivity contribution in [3.05, 3.63) is 0 Å². The molecule has 0 radical (unpaired) electrons. The molecule has 0 rings (SSSR count). The number of ether oxygens (including phenoxy) is 2. The molecule has 3 amide bonds. The van der Waals surface area contributed by atoms with E-state index in [9.17, 15) is 22.8 Å². The molecule has 164 valence electrons. The molecule has 28 heavy (non-hydrogen) atoms. The molecule has 0 fully saturated rings. The second kappa shape index (κ2) is 12.7. The lowest BCUT2D eigenvalue weighted by Crippen LogP contribution is -2.41. The first kappa shape index (κ1) is 26.3. The van der Waals surface area contributed by atoms with E-state index >= 15 is 0 Å². The monoisotopic (exact) mass is 423 g/mol. The fourth-order valence-corrected chi connectivity index (χ4v) is 2.86. The third-order valence-corrected chi connectivity index (χ3v) is 5.10. The molecule has 0 aliphatic heterocycles. The number of carbonyl (C=O) groups is 3. The van der Waals surface area contributed by atoms with Gasteiger partial charge in [0.05, 0.1) is 30.8 Å². The van der Waals surface area contributed by atoms with Crippen LogP contribution in [0.2, 0.25) is 0 Å². The molecule has 0 heterocycles. The summed E-state index contributed by atoms with van der Waals surface area (Å²) in [6.45, 7) is 1.90. The Kier molecular flexibility index (Phi) is 11.9. The maximum atomic E-state index is 12.4. The maximum absolute atomic E-state index is 12.4. The first-order valence-electron chi connectivity index (χ1n) is 8.85. The summed E-state index contributed by atoms with van der Waals surface area (Å²) in [7, 11) is 2.87. The van der Waals surface area contributed by atoms with Crippen LogP contribution in [0.5, 0.6) is 0 Å². The fraction of sp³-hybridized carbons (Fsp3) is 0.824. The normalized spacial score (nSPS) is 13.5. The minimum atomic E-state index is -3.16. The van der Waals surface area contributed by atoms with Gasteiger partial charge in [-0.15, -0.1) is 0 Å². The molecule has 11 heteroatoms. The third-order valence-electron chi connectivity index (χ3n) is 4.18. The smallest absolute Gasteiger partial charge is 0.225 e. The number of rotatable bonds is 13. The third kappa shape index (κ3) is 11.9. The molecule has 1 N–H and O–H groups in total. The Morgan fingerprint density at radius 2 is 1.46 bits per heavy atom. The zero-order valence-electron chi connectivity index (χ0n) is 17.6. The summed E-state index contributed by atoms with van der Waals surface area (Å²) in [6, 6.07) is 0. The molecule has 0 aliphatic rings. The molecule has 0 saturated carbocycles. The first-order chi connectivity index (χ1) is 12.9. The lowest BCUT2D eigenvalue weighted by Gasteiger charge is -2.26. The van der Waals surface area contributed by atoms with E-state index in [1.807, 2.05) is 0 Å². The number of likely N-dealkylation sites (N-methyl/N-ethyl adjacent to an activating group) is 1. The van der Waals surface area contributed by atoms with Gasteiger partial charge >= 0.3 is 0 Å². The predicted molar refractivity (Wildman–Crippen MR) is 104 cm³/mol. The van der Waals surface area contributed by atoms with Gasteiger partial charge in [-0.1, -0.05) is 0 Å². The lowest BCUT2D eigenvalue weighted by molar-refractivity contribution is -0.137. The highest BCUT2D eigenvalue weighted by Crippen LogP contribution is 2.07. The van der Waals surface area contributed by atoms with E-state index in [2.05, 4.69) is 5.32 Å². The van der Waals surface area contributed by atoms with Crippen molar-refractivity contribution in [3.63, 3.8) is 0 Å². The average Bonchev–Trinajstić information content (AvgIpc) is 2.60. The Labute approximate surface area is 167 Å². The Balaban J connectivity index is 4.59. The molecule has 0 aromatic carbocycles. The first-order valence-corrected chi connectivity index (χ1v) is 10.9. The second-order valence-electron chi connectivity index (χ2n) is 6.78. The van der Waals surface area contributed by atoms with E-state index in [1.165, 1.54) is 38.0 Å². The van der Waals surface area contributed by atoms with Crippen LogP contribution in [0.15, 0.2) is 0 Å². The largest absolute Gasteiger partial charge is 0.379 e. The number of nitrogens with zero attached hydrogens (tertiary/aromatic N) is 2. The quantitative estimate of drug-likeness (QED) is 0.399. The summed E-state index contributed by atoms with van der Waals surface area (Å²) < 4.78 is 32.9. The van der Waals surface area contributed by atoms with Gasteiger partial charge in [-0.2, -0.15) is 0 Å². The summed E-state index contributed by atoms with van der Waals surface area (Å²) in [6.07, 6.45) is 0.227. The van der Waals surface area contributed by atoms with Gasteiger partial charge in [-0.25, -0.2) is 8.42 Å². The average molecular weight is 424 g/mol. The Bertz CT molecular complexity index is 624. The van der Waals surface area contributed by atoms with Crippen LogP contribution >= 0.6 is 0 Å². The summed E-state index contributed by atoms with van der Waals surface area (Å²) in [5.41, 5.74) is 0. The summed E-state index contributed by atoms with van der Waals surface area (Å²) in [5.74, 6) is -0.799. The second-order valence-corrected chi connectivity index (χ2v) is 9.04. The number of hydrogen-bond acceptors (Lipinski definition) is 7. The van der Waals surface area contributed by atoms with Crippen LogP contribution in [-0.4, -0.2) is 108 Å². The van der Waals surface area contributed by atoms with E-state index in [0.717, 1.165) is 6.26 Å². The van der Waals surface area contributed by atoms with Crippen LogP contribution in [-0.2, 0) is 33.7 Å². The summed E-state index contributed by atoms with van der Waals surface area (Å²) >= 11 is 0. The van der Waals surface area contributed by atoms with Gasteiger partial charge in [-0.05, 0) is 0 Å². The molecular weight excluding hydrogens is 390 g/mol. The fourth-order valence-electron chi connectivity index (χ4n) is 2.25. The van der Waals surface area contributed by atoms with Crippen molar-refractivity contribution in [1.29, 1.82) is 0 Å². The molecule has 0 aromatic heterocycles. The highest BCUT2D eigenvalue weighted by Gasteiger charge is 2.23. The summed E-state index contributed by atoms with van der Waals surface area (Å²) in [4.78, 5) is 38.4. The van der Waals surface area contributed by atoms with Gasteiger partial charge in [-0.3, -0.25) is 14.4 Å². The van der Waals surface area contributed by atoms with E-state index in [4.69, 9.17) is 9.47 Å². The van der Waals surface area contributed by atoms with Gasteiger partial charge in [0.1, 0.15) is 9.84 Å². The highest BCUT2D eigenvalue weighted by molar-refractivity contribution is 7.90. The lowest BCUT2D eigenvalue weighted by atomic mass is 10.2. The molecule has 0 aliphatic carbocycles. The van der Waals surface area contributed by atoms with Crippen LogP contribution in [0.25, 0.3) is 0 Å². The van der Waals surface area contributed by atoms with Gasteiger partial charge in [0.25, 0.3) is 0 Å². The number of methoxy groups -OCH3 is 2. The van der Waals surface area contributed by atoms with Crippen LogP contribution < -0.4 is 5.32 Å². The number of hydrogen-bond donors (Lipinski definition) is 1. The van der Waals surface area contributed by atoms with Crippen molar-refractivity contribution < 1.29 is 32.3 Å². The molecule has 0 aromatic rings. The van der Waals surface area contributed by atoms with Gasteiger partial charge in [0.15, 0.2) is 0 Å². The Morgan fingerprint density at radius 3 is 1.93 bits per heavy atom. The maximum Gasteiger partial charge on any atom is 0.225 e. The number of nitrogens with one attached hydrogen (secondary N) is 1. The van der Waals surface area contributed by atoms with Crippen molar-refractivity contribution in [2.24, 2.45) is 0 Å². The van der Waals surface area contributed by atoms with Crippen LogP contribution in [0, 0.1) is 0 Å². The van der Waals surface area contributed by atoms with Crippen molar-refractivity contribution in [3.8, 4) is 0 Å². The van der Waals surface area contributed by atoms with Gasteiger partial charge in [0, 0.05) is 61.1 Å². The zero-order chi connectivity index (χ0) is 21.9. The number of carbonyl (C=O) groups excluding carboxylic acids is 3. The standard InChI is InChI=1S/C17H33N3O7S/c1-13(21)18-11-14(26-4)9-17(23)20(3)12-15(27-5)10-16(22)19(2)7-8-28(6,24)25/h14-15H,7-12H2,1-6H3,(H,18,21). The molecule has 0 bridgehead atoms.